The Labute approximate surface area is 211 Å². The number of imidazole rings is 1. The highest BCUT2D eigenvalue weighted by atomic mass is 16.5. The minimum Gasteiger partial charge on any atom is -0.478 e. The molecule has 4 rings (SSSR count). The van der Waals surface area contributed by atoms with E-state index in [1.54, 1.807) is 12.1 Å². The third-order valence-corrected chi connectivity index (χ3v) is 6.04. The predicted octanol–water partition coefficient (Wildman–Crippen LogP) is 5.96. The first-order chi connectivity index (χ1) is 17.2. The van der Waals surface area contributed by atoms with Crippen molar-refractivity contribution in [2.75, 3.05) is 0 Å². The number of carboxylic acid groups (broad SMARTS) is 1. The fourth-order valence-corrected chi connectivity index (χ4v) is 3.87. The summed E-state index contributed by atoms with van der Waals surface area (Å²) in [7, 11) is 0. The highest BCUT2D eigenvalue weighted by Gasteiger charge is 2.29. The monoisotopic (exact) mass is 482 g/mol. The van der Waals surface area contributed by atoms with Gasteiger partial charge in [-0.3, -0.25) is 4.79 Å². The lowest BCUT2D eigenvalue weighted by Gasteiger charge is -2.21. The van der Waals surface area contributed by atoms with E-state index in [1.807, 2.05) is 84.4 Å². The third-order valence-electron chi connectivity index (χ3n) is 6.04. The normalized spacial score (nSPS) is 11.3. The van der Waals surface area contributed by atoms with Crippen LogP contribution in [-0.4, -0.2) is 32.0 Å². The molecule has 36 heavy (non-hydrogen) atoms. The summed E-state index contributed by atoms with van der Waals surface area (Å²) in [5, 5.41) is 9.25. The molecular weight excluding hydrogens is 452 g/mol. The maximum absolute atomic E-state index is 13.3. The van der Waals surface area contributed by atoms with Crippen molar-refractivity contribution in [2.24, 2.45) is 0 Å². The number of ketones is 1. The molecule has 0 unspecified atom stereocenters. The van der Waals surface area contributed by atoms with E-state index in [0.29, 0.717) is 23.7 Å². The Balaban J connectivity index is 1.49. The first kappa shape index (κ1) is 24.9. The largest absolute Gasteiger partial charge is 0.478 e. The van der Waals surface area contributed by atoms with E-state index < -0.39 is 11.6 Å². The van der Waals surface area contributed by atoms with Gasteiger partial charge in [0.1, 0.15) is 5.75 Å². The van der Waals surface area contributed by atoms with E-state index in [-0.39, 0.29) is 5.78 Å². The van der Waals surface area contributed by atoms with E-state index in [4.69, 9.17) is 9.72 Å². The number of benzene rings is 3. The summed E-state index contributed by atoms with van der Waals surface area (Å²) < 4.78 is 7.52. The summed E-state index contributed by atoms with van der Waals surface area (Å²) in [6.45, 7) is 5.67. The second-order valence-corrected chi connectivity index (χ2v) is 9.37. The van der Waals surface area contributed by atoms with Gasteiger partial charge in [-0.1, -0.05) is 72.3 Å². The summed E-state index contributed by atoms with van der Waals surface area (Å²) in [4.78, 5) is 29.3. The summed E-state index contributed by atoms with van der Waals surface area (Å²) in [6.07, 6.45) is 3.54. The second kappa shape index (κ2) is 10.6. The number of ether oxygens (including phenoxy) is 1. The molecule has 0 saturated heterocycles. The van der Waals surface area contributed by atoms with E-state index >= 15 is 0 Å². The van der Waals surface area contributed by atoms with Crippen LogP contribution in [0.25, 0.3) is 11.3 Å². The van der Waals surface area contributed by atoms with E-state index in [1.165, 1.54) is 13.8 Å². The van der Waals surface area contributed by atoms with Crippen LogP contribution in [0.15, 0.2) is 85.1 Å². The maximum Gasteiger partial charge on any atom is 0.347 e. The van der Waals surface area contributed by atoms with Gasteiger partial charge < -0.3 is 14.4 Å². The molecule has 0 amide bonds. The molecule has 6 nitrogen and oxygen atoms in total. The van der Waals surface area contributed by atoms with Crippen molar-refractivity contribution in [3.63, 3.8) is 0 Å². The van der Waals surface area contributed by atoms with Crippen LogP contribution in [0.1, 0.15) is 47.6 Å². The van der Waals surface area contributed by atoms with Crippen LogP contribution in [0, 0.1) is 6.92 Å². The number of hydrogen-bond acceptors (Lipinski definition) is 4. The molecule has 1 aromatic heterocycles. The van der Waals surface area contributed by atoms with Crippen molar-refractivity contribution in [3.05, 3.63) is 108 Å². The van der Waals surface area contributed by atoms with Gasteiger partial charge in [-0.2, -0.15) is 0 Å². The zero-order chi connectivity index (χ0) is 25.7. The molecule has 0 aliphatic rings. The van der Waals surface area contributed by atoms with Gasteiger partial charge in [0.25, 0.3) is 0 Å². The molecule has 6 heteroatoms. The number of hydrogen-bond donors (Lipinski definition) is 1. The SMILES string of the molecule is Cc1ccc(C(=O)c2nc(-c3ccccc3)cn2CCCc2ccc(OC(C)(C)C(=O)O)cc2)cc1. The molecule has 4 aromatic rings. The highest BCUT2D eigenvalue weighted by molar-refractivity contribution is 6.07. The summed E-state index contributed by atoms with van der Waals surface area (Å²) in [5.74, 6) is -0.172. The van der Waals surface area contributed by atoms with Crippen molar-refractivity contribution < 1.29 is 19.4 Å². The number of carbonyl (C=O) groups excluding carboxylic acids is 1. The van der Waals surface area contributed by atoms with Gasteiger partial charge in [0.2, 0.25) is 5.78 Å². The molecule has 0 aliphatic heterocycles. The molecule has 0 saturated carbocycles. The Morgan fingerprint density at radius 3 is 2.25 bits per heavy atom. The van der Waals surface area contributed by atoms with Gasteiger partial charge in [0.05, 0.1) is 5.69 Å². The lowest BCUT2D eigenvalue weighted by Crippen LogP contribution is -2.37. The van der Waals surface area contributed by atoms with E-state index in [9.17, 15) is 14.7 Å². The van der Waals surface area contributed by atoms with Crippen molar-refractivity contribution >= 4 is 11.8 Å². The zero-order valence-electron chi connectivity index (χ0n) is 20.8. The number of nitrogens with zero attached hydrogens (tertiary/aromatic N) is 2. The number of aryl methyl sites for hydroxylation is 3. The fourth-order valence-electron chi connectivity index (χ4n) is 3.87. The third kappa shape index (κ3) is 5.89. The maximum atomic E-state index is 13.3. The molecule has 0 radical (unpaired) electrons. The Kier molecular flexibility index (Phi) is 7.34. The smallest absolute Gasteiger partial charge is 0.347 e. The Bertz CT molecular complexity index is 1340. The molecule has 1 heterocycles. The average Bonchev–Trinajstić information content (AvgIpc) is 3.29. The first-order valence-electron chi connectivity index (χ1n) is 12.0. The van der Waals surface area contributed by atoms with Gasteiger partial charge in [0, 0.05) is 23.9 Å². The summed E-state index contributed by atoms with van der Waals surface area (Å²) >= 11 is 0. The molecule has 0 aliphatic carbocycles. The van der Waals surface area contributed by atoms with Crippen molar-refractivity contribution in [1.82, 2.24) is 9.55 Å². The molecule has 1 N–H and O–H groups in total. The average molecular weight is 483 g/mol. The second-order valence-electron chi connectivity index (χ2n) is 9.37. The lowest BCUT2D eigenvalue weighted by atomic mass is 10.1. The topological polar surface area (TPSA) is 81.4 Å². The Hall–Kier alpha value is -4.19. The van der Waals surface area contributed by atoms with Crippen LogP contribution in [0.3, 0.4) is 0 Å². The fraction of sp³-hybridized carbons (Fsp3) is 0.233. The number of aliphatic carboxylic acids is 1. The molecule has 3 aromatic carbocycles. The van der Waals surface area contributed by atoms with Crippen molar-refractivity contribution in [3.8, 4) is 17.0 Å². The Morgan fingerprint density at radius 1 is 0.944 bits per heavy atom. The van der Waals surface area contributed by atoms with Gasteiger partial charge in [-0.05, 0) is 51.3 Å². The van der Waals surface area contributed by atoms with E-state index in [0.717, 1.165) is 35.2 Å². The summed E-state index contributed by atoms with van der Waals surface area (Å²) in [6, 6.07) is 24.9. The van der Waals surface area contributed by atoms with Crippen LogP contribution in [0.2, 0.25) is 0 Å². The Morgan fingerprint density at radius 2 is 1.61 bits per heavy atom. The number of carbonyl (C=O) groups is 2. The summed E-state index contributed by atoms with van der Waals surface area (Å²) in [5.41, 5.74) is 3.27. The van der Waals surface area contributed by atoms with Crippen LogP contribution in [0.4, 0.5) is 0 Å². The zero-order valence-corrected chi connectivity index (χ0v) is 20.8. The van der Waals surface area contributed by atoms with Gasteiger partial charge in [0.15, 0.2) is 11.4 Å². The molecule has 184 valence electrons. The standard InChI is InChI=1S/C30H30N2O4/c1-21-11-15-24(16-12-21)27(33)28-31-26(23-9-5-4-6-10-23)20-32(28)19-7-8-22-13-17-25(18-14-22)36-30(2,3)29(34)35/h4-6,9-18,20H,7-8,19H2,1-3H3,(H,34,35). The number of rotatable bonds is 10. The van der Waals surface area contributed by atoms with Crippen LogP contribution < -0.4 is 4.74 Å². The van der Waals surface area contributed by atoms with Gasteiger partial charge in [-0.15, -0.1) is 0 Å². The van der Waals surface area contributed by atoms with Crippen LogP contribution >= 0.6 is 0 Å². The minimum absolute atomic E-state index is 0.0975. The van der Waals surface area contributed by atoms with Crippen molar-refractivity contribution in [1.29, 1.82) is 0 Å². The number of carboxylic acids is 1. The molecule has 0 spiro atoms. The molecule has 0 bridgehead atoms. The van der Waals surface area contributed by atoms with Gasteiger partial charge >= 0.3 is 5.97 Å². The predicted molar refractivity (Wildman–Crippen MR) is 139 cm³/mol. The van der Waals surface area contributed by atoms with Crippen LogP contribution in [0.5, 0.6) is 5.75 Å². The molecule has 0 fully saturated rings. The van der Waals surface area contributed by atoms with Gasteiger partial charge in [-0.25, -0.2) is 9.78 Å². The van der Waals surface area contributed by atoms with E-state index in [2.05, 4.69) is 0 Å². The lowest BCUT2D eigenvalue weighted by molar-refractivity contribution is -0.152. The van der Waals surface area contributed by atoms with Crippen molar-refractivity contribution in [2.45, 2.75) is 45.8 Å². The molecular formula is C30H30N2O4. The molecule has 0 atom stereocenters. The quantitative estimate of drug-likeness (QED) is 0.282. The number of aromatic nitrogens is 2. The first-order valence-corrected chi connectivity index (χ1v) is 12.0. The highest BCUT2D eigenvalue weighted by Crippen LogP contribution is 2.22. The minimum atomic E-state index is -1.29. The van der Waals surface area contributed by atoms with Crippen LogP contribution in [-0.2, 0) is 17.8 Å².